The van der Waals surface area contributed by atoms with E-state index in [-0.39, 0.29) is 24.0 Å². The van der Waals surface area contributed by atoms with Crippen LogP contribution >= 0.6 is 62.6 Å². The molecule has 0 aromatic carbocycles. The van der Waals surface area contributed by atoms with Crippen molar-refractivity contribution in [3.63, 3.8) is 0 Å². The van der Waals surface area contributed by atoms with Crippen molar-refractivity contribution in [2.24, 2.45) is 10.7 Å². The molecule has 0 amide bonds. The maximum absolute atomic E-state index is 5.80. The van der Waals surface area contributed by atoms with Gasteiger partial charge in [0, 0.05) is 11.4 Å². The van der Waals surface area contributed by atoms with E-state index in [1.165, 1.54) is 10.4 Å². The fourth-order valence-electron chi connectivity index (χ4n) is 1.43. The van der Waals surface area contributed by atoms with Crippen molar-refractivity contribution < 1.29 is 0 Å². The lowest BCUT2D eigenvalue weighted by molar-refractivity contribution is 0.857. The first kappa shape index (κ1) is 16.9. The van der Waals surface area contributed by atoms with Crippen LogP contribution in [-0.4, -0.2) is 12.5 Å². The van der Waals surface area contributed by atoms with Crippen LogP contribution < -0.4 is 11.1 Å². The first-order chi connectivity index (χ1) is 8.74. The van der Waals surface area contributed by atoms with E-state index < -0.39 is 0 Å². The van der Waals surface area contributed by atoms with Gasteiger partial charge in [-0.05, 0) is 50.8 Å². The first-order valence-corrected chi connectivity index (χ1v) is 8.08. The number of halogens is 2. The van der Waals surface area contributed by atoms with Crippen LogP contribution in [0.15, 0.2) is 37.7 Å². The third kappa shape index (κ3) is 6.24. The van der Waals surface area contributed by atoms with Crippen LogP contribution in [0.2, 0.25) is 0 Å². The standard InChI is InChI=1S/C12H14BrN3S2.HI/c13-11-6-9(8-18-11)7-16-12(14)15-4-3-10-2-1-5-17-10;/h1-2,5-6,8H,3-4,7H2,(H3,14,15,16);1H. The lowest BCUT2D eigenvalue weighted by atomic mass is 10.3. The second-order valence-electron chi connectivity index (χ2n) is 3.72. The van der Waals surface area contributed by atoms with Crippen LogP contribution in [0.5, 0.6) is 0 Å². The van der Waals surface area contributed by atoms with Crippen molar-refractivity contribution in [1.29, 1.82) is 0 Å². The molecule has 0 saturated heterocycles. The van der Waals surface area contributed by atoms with Gasteiger partial charge in [0.05, 0.1) is 10.3 Å². The number of thiophene rings is 2. The summed E-state index contributed by atoms with van der Waals surface area (Å²) < 4.78 is 1.12. The minimum Gasteiger partial charge on any atom is -0.370 e. The normalized spacial score (nSPS) is 11.1. The molecule has 0 aliphatic carbocycles. The summed E-state index contributed by atoms with van der Waals surface area (Å²) in [6.07, 6.45) is 0.984. The minimum absolute atomic E-state index is 0. The van der Waals surface area contributed by atoms with E-state index in [0.29, 0.717) is 12.5 Å². The molecular formula is C12H15BrIN3S2. The number of aliphatic imine (C=N–C) groups is 1. The molecule has 0 spiro atoms. The molecular weight excluding hydrogens is 457 g/mol. The van der Waals surface area contributed by atoms with E-state index in [4.69, 9.17) is 5.73 Å². The second-order valence-corrected chi connectivity index (χ2v) is 7.04. The molecule has 104 valence electrons. The molecule has 3 N–H and O–H groups in total. The molecule has 3 nitrogen and oxygen atoms in total. The highest BCUT2D eigenvalue weighted by molar-refractivity contribution is 14.0. The van der Waals surface area contributed by atoms with Crippen molar-refractivity contribution in [1.82, 2.24) is 5.32 Å². The van der Waals surface area contributed by atoms with Crippen molar-refractivity contribution in [3.8, 4) is 0 Å². The Hall–Kier alpha value is -0.120. The van der Waals surface area contributed by atoms with Gasteiger partial charge < -0.3 is 11.1 Å². The highest BCUT2D eigenvalue weighted by atomic mass is 127. The zero-order valence-corrected chi connectivity index (χ0v) is 15.7. The van der Waals surface area contributed by atoms with E-state index in [0.717, 1.165) is 16.8 Å². The van der Waals surface area contributed by atoms with Gasteiger partial charge >= 0.3 is 0 Å². The Labute approximate surface area is 146 Å². The lowest BCUT2D eigenvalue weighted by Crippen LogP contribution is -2.33. The van der Waals surface area contributed by atoms with Gasteiger partial charge in [0.1, 0.15) is 0 Å². The smallest absolute Gasteiger partial charge is 0.188 e. The summed E-state index contributed by atoms with van der Waals surface area (Å²) in [5, 5.41) is 7.28. The van der Waals surface area contributed by atoms with Gasteiger partial charge in [0.2, 0.25) is 0 Å². The van der Waals surface area contributed by atoms with E-state index in [1.807, 2.05) is 0 Å². The van der Waals surface area contributed by atoms with Crippen molar-refractivity contribution in [3.05, 3.63) is 43.2 Å². The number of nitrogens with zero attached hydrogens (tertiary/aromatic N) is 1. The number of nitrogens with one attached hydrogen (secondary N) is 1. The topological polar surface area (TPSA) is 50.4 Å². The molecule has 2 rings (SSSR count). The molecule has 2 aromatic heterocycles. The van der Waals surface area contributed by atoms with Crippen LogP contribution in [0, 0.1) is 0 Å². The molecule has 0 aliphatic heterocycles. The van der Waals surface area contributed by atoms with Gasteiger partial charge in [-0.3, -0.25) is 0 Å². The van der Waals surface area contributed by atoms with E-state index in [1.54, 1.807) is 22.7 Å². The predicted molar refractivity (Wildman–Crippen MR) is 98.8 cm³/mol. The maximum Gasteiger partial charge on any atom is 0.188 e. The molecule has 19 heavy (non-hydrogen) atoms. The number of nitrogens with two attached hydrogens (primary N) is 1. The van der Waals surface area contributed by atoms with E-state index >= 15 is 0 Å². The zero-order valence-electron chi connectivity index (χ0n) is 10.1. The monoisotopic (exact) mass is 471 g/mol. The number of hydrogen-bond acceptors (Lipinski definition) is 3. The average molecular weight is 472 g/mol. The summed E-state index contributed by atoms with van der Waals surface area (Å²) >= 11 is 6.85. The third-order valence-corrected chi connectivity index (χ3v) is 4.80. The largest absolute Gasteiger partial charge is 0.370 e. The molecule has 0 atom stereocenters. The van der Waals surface area contributed by atoms with Gasteiger partial charge in [0.25, 0.3) is 0 Å². The SMILES string of the molecule is I.NC(=NCc1csc(Br)c1)NCCc1cccs1. The van der Waals surface area contributed by atoms with Gasteiger partial charge in [-0.15, -0.1) is 46.7 Å². The van der Waals surface area contributed by atoms with Gasteiger partial charge in [0.15, 0.2) is 5.96 Å². The number of hydrogen-bond donors (Lipinski definition) is 2. The quantitative estimate of drug-likeness (QED) is 0.395. The Morgan fingerprint density at radius 3 is 2.89 bits per heavy atom. The Morgan fingerprint density at radius 1 is 1.42 bits per heavy atom. The van der Waals surface area contributed by atoms with Crippen LogP contribution in [0.25, 0.3) is 0 Å². The molecule has 0 aliphatic rings. The Morgan fingerprint density at radius 2 is 2.26 bits per heavy atom. The Kier molecular flexibility index (Phi) is 7.96. The Bertz CT molecular complexity index is 511. The first-order valence-electron chi connectivity index (χ1n) is 5.53. The van der Waals surface area contributed by atoms with Crippen LogP contribution in [0.3, 0.4) is 0 Å². The molecule has 7 heteroatoms. The van der Waals surface area contributed by atoms with Crippen molar-refractivity contribution in [2.45, 2.75) is 13.0 Å². The summed E-state index contributed by atoms with van der Waals surface area (Å²) in [5.74, 6) is 0.508. The summed E-state index contributed by atoms with van der Waals surface area (Å²) in [7, 11) is 0. The highest BCUT2D eigenvalue weighted by Crippen LogP contribution is 2.20. The maximum atomic E-state index is 5.80. The van der Waals surface area contributed by atoms with Crippen molar-refractivity contribution in [2.75, 3.05) is 6.54 Å². The van der Waals surface area contributed by atoms with Crippen LogP contribution in [-0.2, 0) is 13.0 Å². The zero-order chi connectivity index (χ0) is 12.8. The fraction of sp³-hybridized carbons (Fsp3) is 0.250. The average Bonchev–Trinajstić information content (AvgIpc) is 2.98. The highest BCUT2D eigenvalue weighted by Gasteiger charge is 1.97. The van der Waals surface area contributed by atoms with Crippen molar-refractivity contribution >= 4 is 68.5 Å². The molecule has 0 bridgehead atoms. The summed E-state index contributed by atoms with van der Waals surface area (Å²) in [6.45, 7) is 1.45. The number of rotatable bonds is 5. The molecule has 0 unspecified atom stereocenters. The van der Waals surface area contributed by atoms with Gasteiger partial charge in [-0.2, -0.15) is 0 Å². The number of guanidine groups is 1. The summed E-state index contributed by atoms with van der Waals surface area (Å²) in [4.78, 5) is 5.66. The molecule has 2 aromatic rings. The predicted octanol–water partition coefficient (Wildman–Crippen LogP) is 3.84. The lowest BCUT2D eigenvalue weighted by Gasteiger charge is -2.03. The van der Waals surface area contributed by atoms with Crippen LogP contribution in [0.1, 0.15) is 10.4 Å². The molecule has 0 saturated carbocycles. The fourth-order valence-corrected chi connectivity index (χ4v) is 3.34. The second kappa shape index (κ2) is 8.93. The molecule has 0 fully saturated rings. The van der Waals surface area contributed by atoms with Crippen LogP contribution in [0.4, 0.5) is 0 Å². The van der Waals surface area contributed by atoms with E-state index in [9.17, 15) is 0 Å². The summed E-state index contributed by atoms with van der Waals surface area (Å²) in [5.41, 5.74) is 6.98. The van der Waals surface area contributed by atoms with Gasteiger partial charge in [-0.1, -0.05) is 6.07 Å². The Balaban J connectivity index is 0.00000180. The molecule has 0 radical (unpaired) electrons. The third-order valence-electron chi connectivity index (χ3n) is 2.31. The van der Waals surface area contributed by atoms with E-state index in [2.05, 4.69) is 55.2 Å². The summed E-state index contributed by atoms with van der Waals surface area (Å²) in [6, 6.07) is 6.25. The van der Waals surface area contributed by atoms with Gasteiger partial charge in [-0.25, -0.2) is 4.99 Å². The molecule has 2 heterocycles. The minimum atomic E-state index is 0.